The van der Waals surface area contributed by atoms with E-state index >= 15 is 0 Å². The molecule has 0 aliphatic heterocycles. The Morgan fingerprint density at radius 3 is 2.56 bits per heavy atom. The minimum Gasteiger partial charge on any atom is -0.182 e. The number of hydrogen-bond donors (Lipinski definition) is 0. The maximum atomic E-state index is 2.26. The van der Waals surface area contributed by atoms with Crippen LogP contribution in [-0.2, 0) is 0 Å². The summed E-state index contributed by atoms with van der Waals surface area (Å²) in [4.78, 5) is 2.74. The van der Waals surface area contributed by atoms with E-state index in [1.54, 1.807) is 0 Å². The maximum Gasteiger partial charge on any atom is 1.00 e. The van der Waals surface area contributed by atoms with Gasteiger partial charge in [-0.3, -0.25) is 0 Å². The number of thiophene rings is 1. The molecule has 16 heavy (non-hydrogen) atoms. The first-order valence-electron chi connectivity index (χ1n) is 5.05. The van der Waals surface area contributed by atoms with Gasteiger partial charge in [-0.05, 0) is 16.7 Å². The monoisotopic (exact) mass is 218 g/mol. The molecule has 0 aliphatic carbocycles. The standard InChI is InChI=1S/C14H11S.Li/c1-10-6-7-14(15-10)13-8-11-4-2-3-5-12(11)9-13;/h2-9H,1H3;/q-1;+1. The number of benzene rings is 1. The summed E-state index contributed by atoms with van der Waals surface area (Å²) in [5.41, 5.74) is 1.34. The maximum absolute atomic E-state index is 2.26. The minimum atomic E-state index is 0. The molecule has 0 aliphatic rings. The number of rotatable bonds is 1. The zero-order valence-corrected chi connectivity index (χ0v) is 10.3. The second kappa shape index (κ2) is 4.55. The predicted octanol–water partition coefficient (Wildman–Crippen LogP) is 1.60. The molecule has 0 fully saturated rings. The largest absolute Gasteiger partial charge is 1.00 e. The van der Waals surface area contributed by atoms with E-state index in [4.69, 9.17) is 0 Å². The first-order valence-corrected chi connectivity index (χ1v) is 5.87. The van der Waals surface area contributed by atoms with Crippen LogP contribution in [0.15, 0.2) is 48.5 Å². The van der Waals surface area contributed by atoms with Crippen LogP contribution in [0.4, 0.5) is 0 Å². The third-order valence-corrected chi connectivity index (χ3v) is 3.69. The molecule has 0 radical (unpaired) electrons. The van der Waals surface area contributed by atoms with Crippen molar-refractivity contribution in [2.45, 2.75) is 6.92 Å². The Labute approximate surface area is 111 Å². The van der Waals surface area contributed by atoms with Crippen molar-refractivity contribution >= 4 is 22.1 Å². The Hall–Kier alpha value is -0.873. The summed E-state index contributed by atoms with van der Waals surface area (Å²) in [6.07, 6.45) is 0. The molecule has 1 aromatic heterocycles. The Balaban J connectivity index is 0.000000963. The van der Waals surface area contributed by atoms with Crippen LogP contribution in [0.5, 0.6) is 0 Å². The van der Waals surface area contributed by atoms with Gasteiger partial charge in [-0.15, -0.1) is 34.5 Å². The molecule has 1 heterocycles. The second-order valence-corrected chi connectivity index (χ2v) is 5.07. The molecular formula is C14H11LiS. The smallest absolute Gasteiger partial charge is 0.182 e. The molecule has 0 atom stereocenters. The quantitative estimate of drug-likeness (QED) is 0.430. The summed E-state index contributed by atoms with van der Waals surface area (Å²) < 4.78 is 0. The van der Waals surface area contributed by atoms with Crippen LogP contribution in [0.2, 0.25) is 0 Å². The first kappa shape index (κ1) is 11.6. The molecule has 0 bridgehead atoms. The van der Waals surface area contributed by atoms with Gasteiger partial charge in [0.25, 0.3) is 0 Å². The van der Waals surface area contributed by atoms with Crippen molar-refractivity contribution in [3.05, 3.63) is 53.4 Å². The van der Waals surface area contributed by atoms with Crippen molar-refractivity contribution in [1.82, 2.24) is 0 Å². The second-order valence-electron chi connectivity index (χ2n) is 3.78. The van der Waals surface area contributed by atoms with Gasteiger partial charge in [0.15, 0.2) is 0 Å². The van der Waals surface area contributed by atoms with Crippen molar-refractivity contribution < 1.29 is 18.9 Å². The number of aryl methyl sites for hydroxylation is 1. The molecule has 0 N–H and O–H groups in total. The van der Waals surface area contributed by atoms with E-state index < -0.39 is 0 Å². The third-order valence-electron chi connectivity index (χ3n) is 2.64. The summed E-state index contributed by atoms with van der Waals surface area (Å²) in [6, 6.07) is 17.4. The summed E-state index contributed by atoms with van der Waals surface area (Å²) >= 11 is 1.86. The van der Waals surface area contributed by atoms with Gasteiger partial charge in [-0.2, -0.15) is 11.3 Å². The third kappa shape index (κ3) is 1.99. The van der Waals surface area contributed by atoms with E-state index in [2.05, 4.69) is 55.5 Å². The zero-order chi connectivity index (χ0) is 10.3. The number of hydrogen-bond acceptors (Lipinski definition) is 1. The van der Waals surface area contributed by atoms with Crippen LogP contribution in [0.25, 0.3) is 21.2 Å². The Morgan fingerprint density at radius 2 is 1.88 bits per heavy atom. The van der Waals surface area contributed by atoms with E-state index in [1.165, 1.54) is 26.1 Å². The van der Waals surface area contributed by atoms with Crippen LogP contribution in [0.3, 0.4) is 0 Å². The van der Waals surface area contributed by atoms with Crippen LogP contribution in [-0.4, -0.2) is 0 Å². The molecule has 2 aromatic carbocycles. The van der Waals surface area contributed by atoms with Crippen molar-refractivity contribution in [2.75, 3.05) is 0 Å². The fraction of sp³-hybridized carbons (Fsp3) is 0.0714. The van der Waals surface area contributed by atoms with E-state index in [9.17, 15) is 0 Å². The van der Waals surface area contributed by atoms with E-state index in [1.807, 2.05) is 11.3 Å². The van der Waals surface area contributed by atoms with Gasteiger partial charge in [-0.1, -0.05) is 30.3 Å². The van der Waals surface area contributed by atoms with Crippen LogP contribution >= 0.6 is 11.3 Å². The van der Waals surface area contributed by atoms with Crippen molar-refractivity contribution in [3.63, 3.8) is 0 Å². The molecular weight excluding hydrogens is 207 g/mol. The molecule has 3 rings (SSSR count). The first-order chi connectivity index (χ1) is 7.33. The van der Waals surface area contributed by atoms with Crippen LogP contribution in [0, 0.1) is 6.92 Å². The van der Waals surface area contributed by atoms with Gasteiger partial charge in [0, 0.05) is 0 Å². The normalized spacial score (nSPS) is 10.3. The van der Waals surface area contributed by atoms with Gasteiger partial charge in [0.1, 0.15) is 0 Å². The summed E-state index contributed by atoms with van der Waals surface area (Å²) in [6.45, 7) is 2.15. The molecule has 0 unspecified atom stereocenters. The topological polar surface area (TPSA) is 0 Å². The van der Waals surface area contributed by atoms with Crippen LogP contribution < -0.4 is 18.9 Å². The molecule has 0 saturated carbocycles. The van der Waals surface area contributed by atoms with Crippen molar-refractivity contribution in [3.8, 4) is 10.4 Å². The van der Waals surface area contributed by atoms with Gasteiger partial charge < -0.3 is 0 Å². The summed E-state index contributed by atoms with van der Waals surface area (Å²) in [7, 11) is 0. The van der Waals surface area contributed by atoms with Gasteiger partial charge in [-0.25, -0.2) is 0 Å². The molecule has 2 heteroatoms. The molecule has 0 saturated heterocycles. The molecule has 0 amide bonds. The van der Waals surface area contributed by atoms with Gasteiger partial charge in [0.05, 0.1) is 0 Å². The predicted molar refractivity (Wildman–Crippen MR) is 67.6 cm³/mol. The number of fused-ring (bicyclic) bond motifs is 1. The van der Waals surface area contributed by atoms with Gasteiger partial charge in [0.2, 0.25) is 0 Å². The minimum absolute atomic E-state index is 0. The van der Waals surface area contributed by atoms with E-state index in [-0.39, 0.29) is 18.9 Å². The van der Waals surface area contributed by atoms with Gasteiger partial charge >= 0.3 is 18.9 Å². The van der Waals surface area contributed by atoms with Crippen molar-refractivity contribution in [2.24, 2.45) is 0 Å². The fourth-order valence-corrected chi connectivity index (χ4v) is 2.74. The van der Waals surface area contributed by atoms with Crippen molar-refractivity contribution in [1.29, 1.82) is 0 Å². The Morgan fingerprint density at radius 1 is 1.06 bits per heavy atom. The Bertz CT molecular complexity index is 571. The van der Waals surface area contributed by atoms with E-state index in [0.29, 0.717) is 0 Å². The summed E-state index contributed by atoms with van der Waals surface area (Å²) in [5.74, 6) is 0. The SMILES string of the molecule is Cc1ccc(-c2cc3ccccc3[cH-]2)s1.[Li+]. The molecule has 74 valence electrons. The molecule has 0 spiro atoms. The molecule has 3 aromatic rings. The summed E-state index contributed by atoms with van der Waals surface area (Å²) in [5, 5.41) is 2.66. The van der Waals surface area contributed by atoms with E-state index in [0.717, 1.165) is 0 Å². The average Bonchev–Trinajstić information content (AvgIpc) is 2.82. The Kier molecular flexibility index (Phi) is 3.30. The molecule has 0 nitrogen and oxygen atoms in total. The zero-order valence-electron chi connectivity index (χ0n) is 9.53. The van der Waals surface area contributed by atoms with Crippen LogP contribution in [0.1, 0.15) is 4.88 Å². The average molecular weight is 218 g/mol. The fourth-order valence-electron chi connectivity index (χ4n) is 1.88.